The first kappa shape index (κ1) is 27.7. The Morgan fingerprint density at radius 2 is 1.58 bits per heavy atom. The summed E-state index contributed by atoms with van der Waals surface area (Å²) in [5.74, 6) is -3.98. The first-order valence-corrected chi connectivity index (χ1v) is 12.6. The molecule has 0 aliphatic carbocycles. The number of amides is 1. The Kier molecular flexibility index (Phi) is 7.86. The van der Waals surface area contributed by atoms with Crippen molar-refractivity contribution in [2.75, 3.05) is 0 Å². The Bertz CT molecular complexity index is 1450. The van der Waals surface area contributed by atoms with Gasteiger partial charge < -0.3 is 10.4 Å². The number of hydrogen-bond acceptors (Lipinski definition) is 2. The highest BCUT2D eigenvalue weighted by atomic mass is 35.5. The van der Waals surface area contributed by atoms with Crippen molar-refractivity contribution in [1.29, 1.82) is 0 Å². The van der Waals surface area contributed by atoms with Crippen molar-refractivity contribution in [2.24, 2.45) is 5.41 Å². The topological polar surface area (TPSA) is 49.3 Å². The monoisotopic (exact) mass is 539 g/mol. The van der Waals surface area contributed by atoms with Crippen LogP contribution in [0, 0.1) is 11.2 Å². The lowest BCUT2D eigenvalue weighted by Gasteiger charge is -2.31. The summed E-state index contributed by atoms with van der Waals surface area (Å²) in [5.41, 5.74) is 0.0237. The van der Waals surface area contributed by atoms with Gasteiger partial charge in [0, 0.05) is 27.0 Å². The second kappa shape index (κ2) is 10.8. The van der Waals surface area contributed by atoms with Crippen LogP contribution in [-0.4, -0.2) is 17.1 Å². The largest absolute Gasteiger partial charge is 0.386 e. The molecule has 1 amide bonds. The molecule has 38 heavy (non-hydrogen) atoms. The first-order chi connectivity index (χ1) is 17.9. The molecule has 0 spiro atoms. The normalized spacial score (nSPS) is 13.8. The van der Waals surface area contributed by atoms with Crippen LogP contribution in [0.4, 0.5) is 13.2 Å². The van der Waals surface area contributed by atoms with Gasteiger partial charge in [-0.3, -0.25) is 4.79 Å². The lowest BCUT2D eigenvalue weighted by molar-refractivity contribution is -0.104. The van der Waals surface area contributed by atoms with Gasteiger partial charge in [0.05, 0.1) is 12.1 Å². The number of hydrogen-bond donors (Lipinski definition) is 2. The fraction of sp³-hybridized carbons (Fsp3) is 0.258. The van der Waals surface area contributed by atoms with E-state index < -0.39 is 35.2 Å². The SMILES string of the molecule is CC(C)(C)C(F)(F)c1ccc(CC(NC(=O)c2ccc(F)c3ccccc23)C(O)c2cccc(Cl)c2)cc1. The zero-order valence-corrected chi connectivity index (χ0v) is 22.1. The maximum absolute atomic E-state index is 14.8. The van der Waals surface area contributed by atoms with Gasteiger partial charge in [-0.25, -0.2) is 13.2 Å². The molecule has 2 unspecified atom stereocenters. The third-order valence-corrected chi connectivity index (χ3v) is 6.95. The summed E-state index contributed by atoms with van der Waals surface area (Å²) in [6, 6.07) is 21.0. The molecule has 0 aliphatic heterocycles. The van der Waals surface area contributed by atoms with E-state index in [9.17, 15) is 23.1 Å². The number of aliphatic hydroxyl groups is 1. The number of nitrogens with one attached hydrogen (secondary N) is 1. The molecule has 0 saturated heterocycles. The van der Waals surface area contributed by atoms with Crippen LogP contribution in [0.15, 0.2) is 84.9 Å². The van der Waals surface area contributed by atoms with Gasteiger partial charge in [0.25, 0.3) is 11.8 Å². The van der Waals surface area contributed by atoms with Crippen molar-refractivity contribution in [2.45, 2.75) is 45.3 Å². The van der Waals surface area contributed by atoms with Crippen molar-refractivity contribution >= 4 is 28.3 Å². The molecular formula is C31H29ClF3NO2. The third kappa shape index (κ3) is 5.71. The van der Waals surface area contributed by atoms with Crippen molar-refractivity contribution in [1.82, 2.24) is 5.32 Å². The Labute approximate surface area is 225 Å². The summed E-state index contributed by atoms with van der Waals surface area (Å²) in [6.45, 7) is 4.44. The van der Waals surface area contributed by atoms with Crippen molar-refractivity contribution in [3.63, 3.8) is 0 Å². The summed E-state index contributed by atoms with van der Waals surface area (Å²) in [6.07, 6.45) is -1.00. The molecule has 0 aromatic heterocycles. The van der Waals surface area contributed by atoms with Gasteiger partial charge >= 0.3 is 0 Å². The third-order valence-electron chi connectivity index (χ3n) is 6.72. The predicted octanol–water partition coefficient (Wildman–Crippen LogP) is 7.84. The highest BCUT2D eigenvalue weighted by Gasteiger charge is 2.44. The molecule has 2 atom stereocenters. The Morgan fingerprint density at radius 1 is 0.921 bits per heavy atom. The molecule has 0 heterocycles. The molecule has 7 heteroatoms. The summed E-state index contributed by atoms with van der Waals surface area (Å²) in [7, 11) is 0. The number of carbonyl (C=O) groups is 1. The van der Waals surface area contributed by atoms with Crippen LogP contribution < -0.4 is 5.32 Å². The summed E-state index contributed by atoms with van der Waals surface area (Å²) < 4.78 is 44.0. The van der Waals surface area contributed by atoms with E-state index in [1.807, 2.05) is 0 Å². The van der Waals surface area contributed by atoms with Gasteiger partial charge in [0.15, 0.2) is 0 Å². The lowest BCUT2D eigenvalue weighted by atomic mass is 9.83. The molecule has 2 N–H and O–H groups in total. The van der Waals surface area contributed by atoms with Crippen molar-refractivity contribution in [3.8, 4) is 0 Å². The summed E-state index contributed by atoms with van der Waals surface area (Å²) in [4.78, 5) is 13.4. The summed E-state index contributed by atoms with van der Waals surface area (Å²) >= 11 is 6.13. The van der Waals surface area contributed by atoms with E-state index in [0.29, 0.717) is 26.9 Å². The van der Waals surface area contributed by atoms with Crippen LogP contribution >= 0.6 is 11.6 Å². The Hall–Kier alpha value is -3.35. The van der Waals surface area contributed by atoms with E-state index in [-0.39, 0.29) is 17.5 Å². The van der Waals surface area contributed by atoms with Gasteiger partial charge in [0.1, 0.15) is 5.82 Å². The average Bonchev–Trinajstić information content (AvgIpc) is 2.88. The van der Waals surface area contributed by atoms with E-state index >= 15 is 0 Å². The van der Waals surface area contributed by atoms with Crippen LogP contribution in [0.3, 0.4) is 0 Å². The quantitative estimate of drug-likeness (QED) is 0.251. The van der Waals surface area contributed by atoms with Gasteiger partial charge in [-0.1, -0.05) is 93.0 Å². The minimum atomic E-state index is -3.04. The smallest absolute Gasteiger partial charge is 0.277 e. The maximum atomic E-state index is 14.8. The molecule has 4 rings (SSSR count). The fourth-order valence-electron chi connectivity index (χ4n) is 4.41. The average molecular weight is 540 g/mol. The molecule has 4 aromatic carbocycles. The number of fused-ring (bicyclic) bond motifs is 1. The van der Waals surface area contributed by atoms with E-state index in [1.165, 1.54) is 45.0 Å². The molecule has 3 nitrogen and oxygen atoms in total. The van der Waals surface area contributed by atoms with Crippen LogP contribution in [0.25, 0.3) is 10.8 Å². The number of rotatable bonds is 7. The molecular weight excluding hydrogens is 511 g/mol. The highest BCUT2D eigenvalue weighted by Crippen LogP contribution is 2.44. The minimum absolute atomic E-state index is 0.109. The lowest BCUT2D eigenvalue weighted by Crippen LogP contribution is -2.41. The molecule has 0 aliphatic rings. The molecule has 0 saturated carbocycles. The number of aliphatic hydroxyl groups excluding tert-OH is 1. The van der Waals surface area contributed by atoms with Gasteiger partial charge in [-0.15, -0.1) is 0 Å². The van der Waals surface area contributed by atoms with Crippen LogP contribution in [0.2, 0.25) is 5.02 Å². The van der Waals surface area contributed by atoms with Crippen LogP contribution in [0.1, 0.15) is 53.9 Å². The zero-order chi connectivity index (χ0) is 27.7. The van der Waals surface area contributed by atoms with Gasteiger partial charge in [-0.05, 0) is 47.2 Å². The number of alkyl halides is 2. The van der Waals surface area contributed by atoms with Crippen LogP contribution in [-0.2, 0) is 12.3 Å². The second-order valence-electron chi connectivity index (χ2n) is 10.4. The van der Waals surface area contributed by atoms with Gasteiger partial charge in [-0.2, -0.15) is 0 Å². The second-order valence-corrected chi connectivity index (χ2v) is 10.9. The fourth-order valence-corrected chi connectivity index (χ4v) is 4.61. The number of benzene rings is 4. The molecule has 0 bridgehead atoms. The van der Waals surface area contributed by atoms with E-state index in [4.69, 9.17) is 11.6 Å². The number of halogens is 4. The molecule has 4 aromatic rings. The Morgan fingerprint density at radius 3 is 2.21 bits per heavy atom. The van der Waals surface area contributed by atoms with Crippen molar-refractivity contribution < 1.29 is 23.1 Å². The van der Waals surface area contributed by atoms with Gasteiger partial charge in [0.2, 0.25) is 0 Å². The van der Waals surface area contributed by atoms with Crippen molar-refractivity contribution in [3.05, 3.63) is 118 Å². The maximum Gasteiger partial charge on any atom is 0.277 e. The Balaban J connectivity index is 1.66. The molecule has 198 valence electrons. The highest BCUT2D eigenvalue weighted by molar-refractivity contribution is 6.30. The van der Waals surface area contributed by atoms with E-state index in [0.717, 1.165) is 0 Å². The minimum Gasteiger partial charge on any atom is -0.386 e. The van der Waals surface area contributed by atoms with Crippen LogP contribution in [0.5, 0.6) is 0 Å². The zero-order valence-electron chi connectivity index (χ0n) is 21.3. The molecule has 0 fully saturated rings. The standard InChI is InChI=1S/C31H29ClF3NO2/c1-30(2,3)31(34,35)21-13-11-19(12-14-21)17-27(28(37)20-7-6-8-22(32)18-20)36-29(38)25-15-16-26(33)24-10-5-4-9-23(24)25/h4-16,18,27-28,37H,17H2,1-3H3,(H,36,38). The predicted molar refractivity (Wildman–Crippen MR) is 145 cm³/mol. The van der Waals surface area contributed by atoms with E-state index in [2.05, 4.69) is 5.32 Å². The number of carbonyl (C=O) groups excluding carboxylic acids is 1. The molecule has 0 radical (unpaired) electrons. The summed E-state index contributed by atoms with van der Waals surface area (Å²) in [5, 5.41) is 15.3. The van der Waals surface area contributed by atoms with E-state index in [1.54, 1.807) is 60.7 Å². The first-order valence-electron chi connectivity index (χ1n) is 12.3.